The number of aromatic nitrogens is 2. The minimum atomic E-state index is -0.214. The van der Waals surface area contributed by atoms with Crippen LogP contribution in [0.25, 0.3) is 10.9 Å². The van der Waals surface area contributed by atoms with Crippen LogP contribution in [0.5, 0.6) is 5.75 Å². The van der Waals surface area contributed by atoms with Crippen molar-refractivity contribution in [2.45, 2.75) is 33.3 Å². The molecule has 1 atom stereocenters. The molecule has 1 aromatic heterocycles. The van der Waals surface area contributed by atoms with Crippen molar-refractivity contribution in [3.05, 3.63) is 60.4 Å². The molecule has 0 aliphatic carbocycles. The van der Waals surface area contributed by atoms with Gasteiger partial charge in [-0.1, -0.05) is 32.1 Å². The second kappa shape index (κ2) is 11.8. The highest BCUT2D eigenvalue weighted by Crippen LogP contribution is 2.34. The average Bonchev–Trinajstić information content (AvgIpc) is 3.36. The minimum Gasteiger partial charge on any atom is -0.486 e. The average molecular weight is 476 g/mol. The Morgan fingerprint density at radius 2 is 2.09 bits per heavy atom. The zero-order valence-corrected chi connectivity index (χ0v) is 20.6. The molecule has 1 fully saturated rings. The van der Waals surface area contributed by atoms with Crippen molar-refractivity contribution >= 4 is 34.0 Å². The second-order valence-electron chi connectivity index (χ2n) is 8.56. The molecule has 1 aliphatic heterocycles. The number of nitrogens with zero attached hydrogens (tertiary/aromatic N) is 3. The molecule has 2 heterocycles. The van der Waals surface area contributed by atoms with Gasteiger partial charge in [0.15, 0.2) is 0 Å². The van der Waals surface area contributed by atoms with E-state index < -0.39 is 0 Å². The molecule has 8 nitrogen and oxygen atoms in total. The van der Waals surface area contributed by atoms with Crippen LogP contribution >= 0.6 is 0 Å². The molecule has 1 amide bonds. The third-order valence-electron chi connectivity index (χ3n) is 5.98. The molecule has 2 N–H and O–H groups in total. The van der Waals surface area contributed by atoms with E-state index in [-0.39, 0.29) is 12.0 Å². The van der Waals surface area contributed by atoms with Crippen molar-refractivity contribution in [3.8, 4) is 5.75 Å². The summed E-state index contributed by atoms with van der Waals surface area (Å²) < 4.78 is 11.7. The zero-order valence-electron chi connectivity index (χ0n) is 20.6. The van der Waals surface area contributed by atoms with Gasteiger partial charge in [0.1, 0.15) is 24.0 Å². The summed E-state index contributed by atoms with van der Waals surface area (Å²) in [6.07, 6.45) is 5.71. The Morgan fingerprint density at radius 3 is 2.83 bits per heavy atom. The lowest BCUT2D eigenvalue weighted by Crippen LogP contribution is -2.23. The Morgan fingerprint density at radius 1 is 1.23 bits per heavy atom. The zero-order chi connectivity index (χ0) is 24.6. The standard InChI is InChI=1S/C27H33N5O3/c1-4-32(5-2)12-7-10-26(33)31-24-15-22-23(16-25(24)35-21-11-13-34-17-21)28-18-29-27(22)30-20-9-6-8-19(3)14-20/h6-10,14-16,18,21H,4-5,11-13,17H2,1-3H3,(H,31,33)(H,28,29,30)/b10-7+/t21-/m0/s1. The molecular weight excluding hydrogens is 442 g/mol. The van der Waals surface area contributed by atoms with Crippen molar-refractivity contribution in [1.29, 1.82) is 0 Å². The maximum atomic E-state index is 12.8. The van der Waals surface area contributed by atoms with Gasteiger partial charge < -0.3 is 25.0 Å². The van der Waals surface area contributed by atoms with E-state index >= 15 is 0 Å². The number of amides is 1. The minimum absolute atomic E-state index is 0.0620. The molecule has 0 saturated carbocycles. The van der Waals surface area contributed by atoms with Crippen molar-refractivity contribution < 1.29 is 14.3 Å². The van der Waals surface area contributed by atoms with Gasteiger partial charge in [0, 0.05) is 36.2 Å². The van der Waals surface area contributed by atoms with E-state index in [1.165, 1.54) is 6.33 Å². The van der Waals surface area contributed by atoms with Gasteiger partial charge in [-0.05, 0) is 43.8 Å². The number of hydrogen-bond donors (Lipinski definition) is 2. The number of carbonyl (C=O) groups excluding carboxylic acids is 1. The molecule has 35 heavy (non-hydrogen) atoms. The fourth-order valence-electron chi connectivity index (χ4n) is 3.99. The van der Waals surface area contributed by atoms with Crippen LogP contribution in [-0.2, 0) is 9.53 Å². The van der Waals surface area contributed by atoms with Crippen LogP contribution in [-0.4, -0.2) is 59.7 Å². The molecule has 3 aromatic rings. The first-order chi connectivity index (χ1) is 17.1. The molecular formula is C27H33N5O3. The van der Waals surface area contributed by atoms with E-state index in [2.05, 4.69) is 45.4 Å². The summed E-state index contributed by atoms with van der Waals surface area (Å²) in [5.41, 5.74) is 3.37. The highest BCUT2D eigenvalue weighted by atomic mass is 16.5. The van der Waals surface area contributed by atoms with Crippen molar-refractivity contribution in [3.63, 3.8) is 0 Å². The highest BCUT2D eigenvalue weighted by molar-refractivity contribution is 6.03. The number of ether oxygens (including phenoxy) is 2. The Hall–Kier alpha value is -3.49. The number of anilines is 3. The first-order valence-corrected chi connectivity index (χ1v) is 12.1. The third-order valence-corrected chi connectivity index (χ3v) is 5.98. The van der Waals surface area contributed by atoms with Gasteiger partial charge in [-0.2, -0.15) is 0 Å². The van der Waals surface area contributed by atoms with E-state index in [0.29, 0.717) is 30.5 Å². The fraction of sp³-hybridized carbons (Fsp3) is 0.370. The number of nitrogens with one attached hydrogen (secondary N) is 2. The number of carbonyl (C=O) groups is 1. The normalized spacial score (nSPS) is 15.7. The predicted molar refractivity (Wildman–Crippen MR) is 139 cm³/mol. The van der Waals surface area contributed by atoms with Gasteiger partial charge in [0.2, 0.25) is 5.91 Å². The number of benzene rings is 2. The van der Waals surface area contributed by atoms with Crippen LogP contribution in [0.4, 0.5) is 17.2 Å². The van der Waals surface area contributed by atoms with Gasteiger partial charge in [0.05, 0.1) is 24.4 Å². The van der Waals surface area contributed by atoms with Gasteiger partial charge in [-0.25, -0.2) is 9.97 Å². The summed E-state index contributed by atoms with van der Waals surface area (Å²) >= 11 is 0. The van der Waals surface area contributed by atoms with E-state index in [4.69, 9.17) is 9.47 Å². The van der Waals surface area contributed by atoms with E-state index in [1.54, 1.807) is 6.08 Å². The van der Waals surface area contributed by atoms with E-state index in [9.17, 15) is 4.79 Å². The van der Waals surface area contributed by atoms with Crippen molar-refractivity contribution in [2.75, 3.05) is 43.5 Å². The molecule has 1 saturated heterocycles. The topological polar surface area (TPSA) is 88.6 Å². The van der Waals surface area contributed by atoms with Crippen LogP contribution in [0, 0.1) is 6.92 Å². The smallest absolute Gasteiger partial charge is 0.248 e. The van der Waals surface area contributed by atoms with Gasteiger partial charge >= 0.3 is 0 Å². The molecule has 4 rings (SSSR count). The molecule has 0 bridgehead atoms. The quantitative estimate of drug-likeness (QED) is 0.411. The second-order valence-corrected chi connectivity index (χ2v) is 8.56. The monoisotopic (exact) mass is 475 g/mol. The van der Waals surface area contributed by atoms with E-state index in [1.807, 2.05) is 43.3 Å². The van der Waals surface area contributed by atoms with Crippen LogP contribution in [0.15, 0.2) is 54.9 Å². The lowest BCUT2D eigenvalue weighted by Gasteiger charge is -2.18. The SMILES string of the molecule is CCN(CC)C/C=C/C(=O)Nc1cc2c(Nc3cccc(C)c3)ncnc2cc1O[C@H]1CCOC1. The van der Waals surface area contributed by atoms with E-state index in [0.717, 1.165) is 48.2 Å². The van der Waals surface area contributed by atoms with Crippen LogP contribution in [0.3, 0.4) is 0 Å². The fourth-order valence-corrected chi connectivity index (χ4v) is 3.99. The first kappa shape index (κ1) is 24.6. The molecule has 8 heteroatoms. The Balaban J connectivity index is 1.64. The molecule has 2 aromatic carbocycles. The molecule has 0 radical (unpaired) electrons. The number of fused-ring (bicyclic) bond motifs is 1. The number of aryl methyl sites for hydroxylation is 1. The highest BCUT2D eigenvalue weighted by Gasteiger charge is 2.20. The molecule has 0 unspecified atom stereocenters. The summed E-state index contributed by atoms with van der Waals surface area (Å²) in [5.74, 6) is 1.01. The summed E-state index contributed by atoms with van der Waals surface area (Å²) in [6, 6.07) is 11.8. The largest absolute Gasteiger partial charge is 0.486 e. The van der Waals surface area contributed by atoms with Crippen LogP contribution in [0.1, 0.15) is 25.8 Å². The lowest BCUT2D eigenvalue weighted by molar-refractivity contribution is -0.111. The maximum absolute atomic E-state index is 12.8. The first-order valence-electron chi connectivity index (χ1n) is 12.1. The lowest BCUT2D eigenvalue weighted by atomic mass is 10.1. The Kier molecular flexibility index (Phi) is 8.28. The van der Waals surface area contributed by atoms with Crippen molar-refractivity contribution in [2.24, 2.45) is 0 Å². The summed E-state index contributed by atoms with van der Waals surface area (Å²) in [6.45, 7) is 10.0. The Labute approximate surface area is 206 Å². The maximum Gasteiger partial charge on any atom is 0.248 e. The Bertz CT molecular complexity index is 1190. The summed E-state index contributed by atoms with van der Waals surface area (Å²) in [4.78, 5) is 23.9. The number of hydrogen-bond acceptors (Lipinski definition) is 7. The van der Waals surface area contributed by atoms with Crippen LogP contribution in [0.2, 0.25) is 0 Å². The molecule has 184 valence electrons. The number of rotatable bonds is 10. The van der Waals surface area contributed by atoms with Crippen LogP contribution < -0.4 is 15.4 Å². The molecule has 1 aliphatic rings. The van der Waals surface area contributed by atoms with Gasteiger partial charge in [0.25, 0.3) is 0 Å². The number of likely N-dealkylation sites (N-methyl/N-ethyl adjacent to an activating group) is 1. The molecule has 0 spiro atoms. The van der Waals surface area contributed by atoms with Gasteiger partial charge in [-0.15, -0.1) is 0 Å². The summed E-state index contributed by atoms with van der Waals surface area (Å²) in [7, 11) is 0. The van der Waals surface area contributed by atoms with Gasteiger partial charge in [-0.3, -0.25) is 4.79 Å². The predicted octanol–water partition coefficient (Wildman–Crippen LogP) is 4.69. The third kappa shape index (κ3) is 6.55. The summed E-state index contributed by atoms with van der Waals surface area (Å²) in [5, 5.41) is 7.15. The van der Waals surface area contributed by atoms with Crippen molar-refractivity contribution in [1.82, 2.24) is 14.9 Å².